The summed E-state index contributed by atoms with van der Waals surface area (Å²) < 4.78 is 40.5. The molecule has 1 aliphatic rings. The van der Waals surface area contributed by atoms with Crippen molar-refractivity contribution in [1.82, 2.24) is 4.31 Å². The zero-order valence-corrected chi connectivity index (χ0v) is 37.6. The number of rotatable bonds is 39. The van der Waals surface area contributed by atoms with Crippen LogP contribution in [0.1, 0.15) is 181 Å². The van der Waals surface area contributed by atoms with Crippen molar-refractivity contribution < 1.29 is 22.8 Å². The number of para-hydroxylation sites is 1. The summed E-state index contributed by atoms with van der Waals surface area (Å²) in [5.74, 6) is 0. The molecule has 1 aromatic rings. The van der Waals surface area contributed by atoms with Gasteiger partial charge in [0.15, 0.2) is 4.90 Å². The molecule has 2 rings (SSSR count). The van der Waals surface area contributed by atoms with Gasteiger partial charge in [0, 0.05) is 51.0 Å². The lowest BCUT2D eigenvalue weighted by atomic mass is 9.76. The lowest BCUT2D eigenvalue weighted by molar-refractivity contribution is -0.387. The first-order chi connectivity index (χ1) is 28.4. The molecule has 8 nitrogen and oxygen atoms in total. The first-order valence-corrected chi connectivity index (χ1v) is 24.8. The number of hydrogen-bond acceptors (Lipinski definition) is 6. The topological polar surface area (TPSA) is 99.0 Å². The molecule has 0 bridgehead atoms. The molecule has 0 atom stereocenters. The molecule has 58 heavy (non-hydrogen) atoms. The van der Waals surface area contributed by atoms with Crippen LogP contribution in [0.25, 0.3) is 0 Å². The average Bonchev–Trinajstić information content (AvgIpc) is 3.20. The van der Waals surface area contributed by atoms with Crippen LogP contribution in [0.5, 0.6) is 0 Å². The quantitative estimate of drug-likeness (QED) is 0.0284. The number of hydrogen-bond donors (Lipinski definition) is 0. The zero-order valence-electron chi connectivity index (χ0n) is 36.8. The van der Waals surface area contributed by atoms with E-state index in [1.165, 1.54) is 131 Å². The van der Waals surface area contributed by atoms with Crippen molar-refractivity contribution >= 4 is 15.7 Å². The third-order valence-corrected chi connectivity index (χ3v) is 13.1. The summed E-state index contributed by atoms with van der Waals surface area (Å²) in [7, 11) is -3.98. The largest absolute Gasteiger partial charge is 0.381 e. The summed E-state index contributed by atoms with van der Waals surface area (Å²) in [5, 5.41) is 11.6. The molecule has 330 valence electrons. The third-order valence-electron chi connectivity index (χ3n) is 11.2. The van der Waals surface area contributed by atoms with Crippen LogP contribution in [0.4, 0.5) is 5.69 Å². The van der Waals surface area contributed by atoms with E-state index in [4.69, 9.17) is 9.47 Å². The zero-order chi connectivity index (χ0) is 41.8. The van der Waals surface area contributed by atoms with Crippen LogP contribution in [-0.2, 0) is 19.5 Å². The minimum atomic E-state index is -3.98. The molecule has 0 radical (unpaired) electrons. The van der Waals surface area contributed by atoms with Crippen LogP contribution >= 0.6 is 0 Å². The lowest BCUT2D eigenvalue weighted by Gasteiger charge is -2.49. The van der Waals surface area contributed by atoms with Gasteiger partial charge >= 0.3 is 0 Å². The van der Waals surface area contributed by atoms with E-state index in [1.54, 1.807) is 0 Å². The van der Waals surface area contributed by atoms with Crippen LogP contribution in [-0.4, -0.2) is 57.2 Å². The van der Waals surface area contributed by atoms with Crippen LogP contribution in [0.2, 0.25) is 0 Å². The van der Waals surface area contributed by atoms with Gasteiger partial charge in [0.1, 0.15) is 0 Å². The van der Waals surface area contributed by atoms with Crippen LogP contribution in [0.3, 0.4) is 0 Å². The summed E-state index contributed by atoms with van der Waals surface area (Å²) in [6.45, 7) is 7.71. The standard InChI is InChI=1S/C49H82N2O6S/c1-3-5-7-9-11-13-15-17-19-21-23-25-27-29-31-35-41-56-43-39-49(45-50(46-49)58(54,55)48-38-34-33-37-47(48)51(52)53)40-44-57-42-36-32-30-28-26-24-22-20-18-16-14-12-10-8-6-4-2/h11-14,17-20,33-34,37-38H,3-10,15-16,21-32,35-36,39-46H2,1-2H3. The number of nitro benzene ring substituents is 1. The Hall–Kier alpha value is -2.59. The van der Waals surface area contributed by atoms with Crippen molar-refractivity contribution in [2.45, 2.75) is 186 Å². The molecule has 0 N–H and O–H groups in total. The molecule has 0 unspecified atom stereocenters. The Bertz CT molecular complexity index is 1340. The van der Waals surface area contributed by atoms with Gasteiger partial charge in [-0.2, -0.15) is 4.31 Å². The molecular formula is C49H82N2O6S. The maximum Gasteiger partial charge on any atom is 0.289 e. The molecule has 1 saturated heterocycles. The average molecular weight is 827 g/mol. The highest BCUT2D eigenvalue weighted by Crippen LogP contribution is 2.42. The second-order valence-corrected chi connectivity index (χ2v) is 18.3. The minimum Gasteiger partial charge on any atom is -0.381 e. The van der Waals surface area contributed by atoms with Gasteiger partial charge in [-0.1, -0.05) is 152 Å². The molecule has 1 fully saturated rings. The molecule has 0 aromatic heterocycles. The van der Waals surface area contributed by atoms with Crippen LogP contribution in [0.15, 0.2) is 77.8 Å². The van der Waals surface area contributed by atoms with Gasteiger partial charge in [0.05, 0.1) is 4.92 Å². The SMILES string of the molecule is CCCCCC=CCC=CCCCCCCCCOCCC1(CCOCCCCCCCCC=CCC=CCCCCC)CN(S(=O)(=O)c2ccccc2[N+](=O)[O-])C1. The van der Waals surface area contributed by atoms with Crippen molar-refractivity contribution in [1.29, 1.82) is 0 Å². The summed E-state index contributed by atoms with van der Waals surface area (Å²) >= 11 is 0. The third kappa shape index (κ3) is 23.9. The van der Waals surface area contributed by atoms with E-state index >= 15 is 0 Å². The molecular weight excluding hydrogens is 745 g/mol. The van der Waals surface area contributed by atoms with Crippen LogP contribution < -0.4 is 0 Å². The second kappa shape index (κ2) is 34.2. The maximum absolute atomic E-state index is 13.5. The molecule has 0 spiro atoms. The Morgan fingerprint density at radius 2 is 0.983 bits per heavy atom. The van der Waals surface area contributed by atoms with E-state index in [1.807, 2.05) is 0 Å². The predicted octanol–water partition coefficient (Wildman–Crippen LogP) is 14.0. The summed E-state index contributed by atoms with van der Waals surface area (Å²) in [4.78, 5) is 10.7. The Balaban J connectivity index is 1.63. The molecule has 1 aliphatic heterocycles. The number of benzene rings is 1. The van der Waals surface area contributed by atoms with Crippen molar-refractivity contribution in [3.63, 3.8) is 0 Å². The van der Waals surface area contributed by atoms with Crippen molar-refractivity contribution in [2.24, 2.45) is 5.41 Å². The van der Waals surface area contributed by atoms with Gasteiger partial charge in [0.2, 0.25) is 10.0 Å². The Morgan fingerprint density at radius 3 is 1.41 bits per heavy atom. The molecule has 9 heteroatoms. The van der Waals surface area contributed by atoms with Gasteiger partial charge in [-0.25, -0.2) is 8.42 Å². The Labute approximate surface area is 355 Å². The molecule has 0 amide bonds. The fraction of sp³-hybridized carbons (Fsp3) is 0.714. The van der Waals surface area contributed by atoms with Crippen molar-refractivity contribution in [3.8, 4) is 0 Å². The molecule has 1 aromatic carbocycles. The van der Waals surface area contributed by atoms with Gasteiger partial charge in [-0.15, -0.1) is 0 Å². The number of unbranched alkanes of at least 4 members (excludes halogenated alkanes) is 18. The van der Waals surface area contributed by atoms with Gasteiger partial charge < -0.3 is 9.47 Å². The Morgan fingerprint density at radius 1 is 0.586 bits per heavy atom. The lowest BCUT2D eigenvalue weighted by Crippen LogP contribution is -2.59. The highest BCUT2D eigenvalue weighted by Gasteiger charge is 2.49. The van der Waals surface area contributed by atoms with E-state index < -0.39 is 14.9 Å². The predicted molar refractivity (Wildman–Crippen MR) is 244 cm³/mol. The van der Waals surface area contributed by atoms with Gasteiger partial charge in [0.25, 0.3) is 5.69 Å². The number of sulfonamides is 1. The molecule has 0 aliphatic carbocycles. The van der Waals surface area contributed by atoms with E-state index in [-0.39, 0.29) is 16.0 Å². The second-order valence-electron chi connectivity index (χ2n) is 16.4. The highest BCUT2D eigenvalue weighted by atomic mass is 32.2. The Kier molecular flexibility index (Phi) is 30.4. The smallest absolute Gasteiger partial charge is 0.289 e. The molecule has 1 heterocycles. The van der Waals surface area contributed by atoms with Crippen molar-refractivity contribution in [3.05, 3.63) is 83.0 Å². The van der Waals surface area contributed by atoms with E-state index in [0.717, 1.165) is 64.2 Å². The normalized spacial score (nSPS) is 14.8. The van der Waals surface area contributed by atoms with E-state index in [2.05, 4.69) is 62.5 Å². The highest BCUT2D eigenvalue weighted by molar-refractivity contribution is 7.89. The van der Waals surface area contributed by atoms with E-state index in [0.29, 0.717) is 39.5 Å². The number of ether oxygens (including phenoxy) is 2. The summed E-state index contributed by atoms with van der Waals surface area (Å²) in [6.07, 6.45) is 49.0. The fourth-order valence-electron chi connectivity index (χ4n) is 7.44. The van der Waals surface area contributed by atoms with E-state index in [9.17, 15) is 18.5 Å². The minimum absolute atomic E-state index is 0.240. The molecule has 0 saturated carbocycles. The number of allylic oxidation sites excluding steroid dienone is 8. The van der Waals surface area contributed by atoms with Crippen LogP contribution in [0, 0.1) is 15.5 Å². The van der Waals surface area contributed by atoms with Gasteiger partial charge in [-0.3, -0.25) is 10.1 Å². The maximum atomic E-state index is 13.5. The first-order valence-electron chi connectivity index (χ1n) is 23.4. The monoisotopic (exact) mass is 827 g/mol. The van der Waals surface area contributed by atoms with Gasteiger partial charge in [-0.05, 0) is 96.0 Å². The first kappa shape index (κ1) is 51.6. The number of nitro groups is 1. The summed E-state index contributed by atoms with van der Waals surface area (Å²) in [5.41, 5.74) is -0.636. The fourth-order valence-corrected chi connectivity index (χ4v) is 9.27. The summed E-state index contributed by atoms with van der Waals surface area (Å²) in [6, 6.07) is 5.62. The number of nitrogens with zero attached hydrogens (tertiary/aromatic N) is 2. The van der Waals surface area contributed by atoms with Crippen molar-refractivity contribution in [2.75, 3.05) is 39.5 Å².